The standard InChI is InChI=1S/Au.H3O3PS/c;1-4(2,3)5/h;(H3,1,2,3,5). The Hall–Kier alpha value is 1.27. The van der Waals surface area contributed by atoms with Crippen molar-refractivity contribution >= 4 is 18.5 Å². The van der Waals surface area contributed by atoms with Crippen molar-refractivity contribution < 1.29 is 37.1 Å². The van der Waals surface area contributed by atoms with Crippen molar-refractivity contribution in [2.24, 2.45) is 0 Å². The van der Waals surface area contributed by atoms with Crippen LogP contribution >= 0.6 is 6.72 Å². The predicted molar refractivity (Wildman–Crippen MR) is 20.9 cm³/mol. The minimum Gasteiger partial charge on any atom is -0.325 e. The van der Waals surface area contributed by atoms with Crippen LogP contribution in [0.1, 0.15) is 0 Å². The summed E-state index contributed by atoms with van der Waals surface area (Å²) in [6.45, 7) is -3.81. The van der Waals surface area contributed by atoms with Crippen LogP contribution < -0.4 is 0 Å². The number of rotatable bonds is 0. The van der Waals surface area contributed by atoms with Gasteiger partial charge in [0.15, 0.2) is 0 Å². The predicted octanol–water partition coefficient (Wildman–Crippen LogP) is -0.815. The second kappa shape index (κ2) is 3.29. The van der Waals surface area contributed by atoms with E-state index in [1.165, 1.54) is 0 Å². The van der Waals surface area contributed by atoms with E-state index in [0.29, 0.717) is 0 Å². The maximum Gasteiger partial charge on any atom is 0.319 e. The van der Waals surface area contributed by atoms with Crippen LogP contribution in [0.4, 0.5) is 0 Å². The minimum atomic E-state index is -3.81. The van der Waals surface area contributed by atoms with Crippen molar-refractivity contribution in [3.8, 4) is 0 Å². The van der Waals surface area contributed by atoms with Crippen molar-refractivity contribution in [1.29, 1.82) is 0 Å². The summed E-state index contributed by atoms with van der Waals surface area (Å²) in [4.78, 5) is 22.7. The summed E-state index contributed by atoms with van der Waals surface area (Å²) in [5, 5.41) is 0. The fraction of sp³-hybridized carbons (Fsp3) is 0. The molecule has 0 fully saturated rings. The third kappa shape index (κ3) is 59.6. The smallest absolute Gasteiger partial charge is 0.319 e. The molecule has 0 heterocycles. The van der Waals surface area contributed by atoms with Crippen LogP contribution in [0.15, 0.2) is 0 Å². The van der Waals surface area contributed by atoms with E-state index in [4.69, 9.17) is 14.7 Å². The third-order valence-corrected chi connectivity index (χ3v) is 0. The van der Waals surface area contributed by atoms with Crippen LogP contribution in [-0.4, -0.2) is 14.7 Å². The third-order valence-electron chi connectivity index (χ3n) is 0. The van der Waals surface area contributed by atoms with E-state index in [1.54, 1.807) is 0 Å². The molecule has 0 aromatic heterocycles. The summed E-state index contributed by atoms with van der Waals surface area (Å²) in [6.07, 6.45) is 0. The molecule has 0 bridgehead atoms. The monoisotopic (exact) mass is 311 g/mol. The van der Waals surface area contributed by atoms with Gasteiger partial charge in [-0.3, -0.25) is 0 Å². The second-order valence-electron chi connectivity index (χ2n) is 0.513. The molecule has 0 saturated carbocycles. The molecule has 3 nitrogen and oxygen atoms in total. The summed E-state index contributed by atoms with van der Waals surface area (Å²) >= 11 is 3.60. The number of hydrogen-bond acceptors (Lipinski definition) is 1. The quantitative estimate of drug-likeness (QED) is 0.404. The zero-order valence-electron chi connectivity index (χ0n) is 2.50. The molecule has 0 aliphatic heterocycles. The van der Waals surface area contributed by atoms with Crippen molar-refractivity contribution in [3.63, 3.8) is 0 Å². The van der Waals surface area contributed by atoms with Gasteiger partial charge >= 0.3 is 6.72 Å². The van der Waals surface area contributed by atoms with E-state index < -0.39 is 6.72 Å². The molecule has 1 radical (unpaired) electrons. The summed E-state index contributed by atoms with van der Waals surface area (Å²) < 4.78 is 0. The molecule has 0 saturated heterocycles. The van der Waals surface area contributed by atoms with Crippen LogP contribution in [0.3, 0.4) is 0 Å². The van der Waals surface area contributed by atoms with E-state index in [-0.39, 0.29) is 22.4 Å². The van der Waals surface area contributed by atoms with E-state index in [1.807, 2.05) is 0 Å². The first-order valence-electron chi connectivity index (χ1n) is 0.783. The Morgan fingerprint density at radius 2 is 1.17 bits per heavy atom. The second-order valence-corrected chi connectivity index (χ2v) is 3.01. The van der Waals surface area contributed by atoms with Gasteiger partial charge in [-0.05, 0) is 11.8 Å². The molecule has 0 aliphatic rings. The topological polar surface area (TPSA) is 60.7 Å². The van der Waals surface area contributed by atoms with Crippen LogP contribution in [-0.2, 0) is 34.2 Å². The largest absolute Gasteiger partial charge is 0.325 e. The SMILES string of the molecule is OP(O)(O)=S.[Au]. The van der Waals surface area contributed by atoms with Gasteiger partial charge in [0.1, 0.15) is 0 Å². The van der Waals surface area contributed by atoms with Crippen LogP contribution in [0.25, 0.3) is 0 Å². The summed E-state index contributed by atoms with van der Waals surface area (Å²) in [5.74, 6) is 0. The van der Waals surface area contributed by atoms with Gasteiger partial charge in [-0.15, -0.1) is 0 Å². The molecule has 6 heavy (non-hydrogen) atoms. The summed E-state index contributed by atoms with van der Waals surface area (Å²) in [7, 11) is 0. The minimum absolute atomic E-state index is 0. The molecule has 0 amide bonds. The van der Waals surface area contributed by atoms with Crippen LogP contribution in [0, 0.1) is 0 Å². The van der Waals surface area contributed by atoms with Crippen LogP contribution in [0.5, 0.6) is 0 Å². The molecule has 3 N–H and O–H groups in total. The maximum absolute atomic E-state index is 7.56. The molecule has 0 unspecified atom stereocenters. The summed E-state index contributed by atoms with van der Waals surface area (Å²) in [6, 6.07) is 0. The van der Waals surface area contributed by atoms with Gasteiger partial charge in [-0.2, -0.15) is 0 Å². The fourth-order valence-corrected chi connectivity index (χ4v) is 0. The molecule has 43 valence electrons. The van der Waals surface area contributed by atoms with Gasteiger partial charge < -0.3 is 14.7 Å². The molecule has 0 spiro atoms. The fourth-order valence-electron chi connectivity index (χ4n) is 0. The van der Waals surface area contributed by atoms with Crippen molar-refractivity contribution in [2.45, 2.75) is 0 Å². The molecular formula is H3AuO3PS. The van der Waals surface area contributed by atoms with Gasteiger partial charge in [0.2, 0.25) is 0 Å². The maximum atomic E-state index is 7.56. The van der Waals surface area contributed by atoms with Crippen molar-refractivity contribution in [3.05, 3.63) is 0 Å². The Morgan fingerprint density at radius 3 is 1.17 bits per heavy atom. The number of hydrogen-bond donors (Lipinski definition) is 3. The van der Waals surface area contributed by atoms with E-state index >= 15 is 0 Å². The van der Waals surface area contributed by atoms with Gasteiger partial charge in [0, 0.05) is 22.4 Å². The van der Waals surface area contributed by atoms with Gasteiger partial charge in [0.25, 0.3) is 0 Å². The van der Waals surface area contributed by atoms with Crippen molar-refractivity contribution in [2.75, 3.05) is 0 Å². The Morgan fingerprint density at radius 1 is 1.17 bits per heavy atom. The van der Waals surface area contributed by atoms with Crippen LogP contribution in [0.2, 0.25) is 0 Å². The first-order valence-corrected chi connectivity index (χ1v) is 3.44. The van der Waals surface area contributed by atoms with E-state index in [2.05, 4.69) is 11.8 Å². The van der Waals surface area contributed by atoms with Crippen molar-refractivity contribution in [1.82, 2.24) is 0 Å². The Kier molecular flexibility index (Phi) is 5.65. The van der Waals surface area contributed by atoms with E-state index in [0.717, 1.165) is 0 Å². The first-order chi connectivity index (χ1) is 2.00. The molecule has 0 aromatic rings. The normalized spacial score (nSPS) is 9.83. The molecule has 0 aromatic carbocycles. The Labute approximate surface area is 55.8 Å². The van der Waals surface area contributed by atoms with Gasteiger partial charge in [-0.1, -0.05) is 0 Å². The molecule has 6 heteroatoms. The van der Waals surface area contributed by atoms with Gasteiger partial charge in [-0.25, -0.2) is 0 Å². The average Bonchev–Trinajstić information content (AvgIpc) is 0.722. The zero-order chi connectivity index (χ0) is 4.50. The Bertz CT molecular complexity index is 56.9. The molecule has 0 rings (SSSR count). The summed E-state index contributed by atoms with van der Waals surface area (Å²) in [5.41, 5.74) is 0. The molecule has 0 aliphatic carbocycles. The molecular weight excluding hydrogens is 308 g/mol. The zero-order valence-corrected chi connectivity index (χ0v) is 6.38. The van der Waals surface area contributed by atoms with Gasteiger partial charge in [0.05, 0.1) is 0 Å². The molecule has 0 atom stereocenters. The average molecular weight is 311 g/mol. The van der Waals surface area contributed by atoms with E-state index in [9.17, 15) is 0 Å². The Balaban J connectivity index is 0. The first kappa shape index (κ1) is 10.3.